The number of sulfonamides is 1. The molecule has 25 heavy (non-hydrogen) atoms. The molecule has 0 unspecified atom stereocenters. The summed E-state index contributed by atoms with van der Waals surface area (Å²) in [6.45, 7) is 2.51. The fourth-order valence-corrected chi connectivity index (χ4v) is 4.66. The number of methoxy groups -OCH3 is 1. The highest BCUT2D eigenvalue weighted by molar-refractivity contribution is 7.89. The van der Waals surface area contributed by atoms with Gasteiger partial charge in [-0.1, -0.05) is 17.7 Å². The fraction of sp³-hybridized carbons (Fsp3) is 0.353. The molecule has 0 aliphatic carbocycles. The van der Waals surface area contributed by atoms with Crippen molar-refractivity contribution >= 4 is 21.6 Å². The predicted molar refractivity (Wildman–Crippen MR) is 94.8 cm³/mol. The predicted octanol–water partition coefficient (Wildman–Crippen LogP) is 2.89. The second-order valence-electron chi connectivity index (χ2n) is 5.80. The van der Waals surface area contributed by atoms with Gasteiger partial charge in [0.05, 0.1) is 13.7 Å². The number of nitrogens with zero attached hydrogens (tertiary/aromatic N) is 2. The minimum Gasteiger partial charge on any atom is -0.495 e. The Morgan fingerprint density at radius 3 is 2.80 bits per heavy atom. The molecule has 1 aliphatic rings. The van der Waals surface area contributed by atoms with Crippen LogP contribution in [0.5, 0.6) is 11.6 Å². The van der Waals surface area contributed by atoms with Crippen LogP contribution >= 0.6 is 11.6 Å². The van der Waals surface area contributed by atoms with Crippen LogP contribution in [0.3, 0.4) is 0 Å². The second-order valence-corrected chi connectivity index (χ2v) is 8.15. The van der Waals surface area contributed by atoms with E-state index in [0.29, 0.717) is 23.9 Å². The van der Waals surface area contributed by atoms with Crippen molar-refractivity contribution in [2.75, 3.05) is 20.2 Å². The summed E-state index contributed by atoms with van der Waals surface area (Å²) in [5.74, 6) is 0.777. The number of rotatable bonds is 5. The maximum Gasteiger partial charge on any atom is 0.246 e. The number of hydrogen-bond acceptors (Lipinski definition) is 5. The summed E-state index contributed by atoms with van der Waals surface area (Å²) in [5, 5.41) is 0.343. The summed E-state index contributed by atoms with van der Waals surface area (Å²) in [7, 11) is -2.28. The van der Waals surface area contributed by atoms with Gasteiger partial charge in [-0.2, -0.15) is 4.31 Å². The van der Waals surface area contributed by atoms with Crippen LogP contribution in [-0.2, 0) is 10.0 Å². The Morgan fingerprint density at radius 1 is 1.28 bits per heavy atom. The zero-order valence-corrected chi connectivity index (χ0v) is 15.5. The number of ether oxygens (including phenoxy) is 2. The van der Waals surface area contributed by atoms with E-state index in [1.54, 1.807) is 18.2 Å². The molecule has 1 aliphatic heterocycles. The van der Waals surface area contributed by atoms with Gasteiger partial charge in [-0.3, -0.25) is 0 Å². The van der Waals surface area contributed by atoms with E-state index >= 15 is 0 Å². The lowest BCUT2D eigenvalue weighted by atomic mass is 10.3. The van der Waals surface area contributed by atoms with Gasteiger partial charge in [-0.05, 0) is 37.6 Å². The number of aryl methyl sites for hydroxylation is 1. The lowest BCUT2D eigenvalue weighted by molar-refractivity contribution is 0.206. The van der Waals surface area contributed by atoms with Gasteiger partial charge < -0.3 is 9.47 Å². The standard InChI is InChI=1S/C17H19ClN2O4S/c1-12-4-3-5-17(19-12)24-14-8-9-20(11-14)25(21,22)16-10-13(18)6-7-15(16)23-2/h3-7,10,14H,8-9,11H2,1-2H3/t14-/m1/s1. The van der Waals surface area contributed by atoms with Gasteiger partial charge in [-0.25, -0.2) is 13.4 Å². The van der Waals surface area contributed by atoms with E-state index in [0.717, 1.165) is 5.69 Å². The molecule has 8 heteroatoms. The number of benzene rings is 1. The largest absolute Gasteiger partial charge is 0.495 e. The molecule has 0 N–H and O–H groups in total. The zero-order chi connectivity index (χ0) is 18.0. The van der Waals surface area contributed by atoms with Crippen molar-refractivity contribution in [3.8, 4) is 11.6 Å². The van der Waals surface area contributed by atoms with Crippen molar-refractivity contribution in [3.63, 3.8) is 0 Å². The minimum atomic E-state index is -3.71. The Balaban J connectivity index is 1.78. The molecule has 1 aromatic carbocycles. The Kier molecular flexibility index (Phi) is 5.17. The van der Waals surface area contributed by atoms with Crippen LogP contribution in [0.4, 0.5) is 0 Å². The van der Waals surface area contributed by atoms with Crippen LogP contribution in [0.25, 0.3) is 0 Å². The highest BCUT2D eigenvalue weighted by Crippen LogP contribution is 2.31. The first-order valence-electron chi connectivity index (χ1n) is 7.84. The van der Waals surface area contributed by atoms with Crippen molar-refractivity contribution in [2.24, 2.45) is 0 Å². The first-order chi connectivity index (χ1) is 11.9. The molecule has 0 radical (unpaired) electrons. The fourth-order valence-electron chi connectivity index (χ4n) is 2.76. The van der Waals surface area contributed by atoms with Crippen molar-refractivity contribution in [3.05, 3.63) is 47.1 Å². The molecule has 6 nitrogen and oxygen atoms in total. The molecule has 0 amide bonds. The molecule has 0 spiro atoms. The third kappa shape index (κ3) is 3.89. The zero-order valence-electron chi connectivity index (χ0n) is 14.0. The average molecular weight is 383 g/mol. The average Bonchev–Trinajstić information content (AvgIpc) is 3.04. The summed E-state index contributed by atoms with van der Waals surface area (Å²) in [6.07, 6.45) is 0.354. The maximum atomic E-state index is 12.9. The van der Waals surface area contributed by atoms with E-state index in [1.165, 1.54) is 17.5 Å². The molecule has 2 heterocycles. The molecule has 0 saturated carbocycles. The van der Waals surface area contributed by atoms with Crippen LogP contribution in [0.2, 0.25) is 5.02 Å². The number of halogens is 1. The van der Waals surface area contributed by atoms with Crippen LogP contribution in [0, 0.1) is 6.92 Å². The van der Waals surface area contributed by atoms with Gasteiger partial charge >= 0.3 is 0 Å². The first kappa shape index (κ1) is 18.0. The van der Waals surface area contributed by atoms with Crippen molar-refractivity contribution in [1.82, 2.24) is 9.29 Å². The normalized spacial score (nSPS) is 18.3. The van der Waals surface area contributed by atoms with E-state index in [2.05, 4.69) is 4.98 Å². The van der Waals surface area contributed by atoms with Crippen molar-refractivity contribution in [2.45, 2.75) is 24.3 Å². The molecule has 1 aromatic heterocycles. The Hall–Kier alpha value is -1.83. The van der Waals surface area contributed by atoms with Crippen LogP contribution in [0.15, 0.2) is 41.3 Å². The Bertz CT molecular complexity index is 873. The summed E-state index contributed by atoms with van der Waals surface area (Å²) >= 11 is 5.97. The molecule has 1 saturated heterocycles. The minimum absolute atomic E-state index is 0.0665. The highest BCUT2D eigenvalue weighted by atomic mass is 35.5. The third-order valence-corrected chi connectivity index (χ3v) is 6.12. The molecule has 0 bridgehead atoms. The number of aromatic nitrogens is 1. The lowest BCUT2D eigenvalue weighted by Crippen LogP contribution is -2.31. The topological polar surface area (TPSA) is 68.7 Å². The number of pyridine rings is 1. The van der Waals surface area contributed by atoms with E-state index in [1.807, 2.05) is 19.1 Å². The van der Waals surface area contributed by atoms with Crippen LogP contribution in [-0.4, -0.2) is 44.0 Å². The van der Waals surface area contributed by atoms with E-state index in [4.69, 9.17) is 21.1 Å². The van der Waals surface area contributed by atoms with E-state index in [-0.39, 0.29) is 23.3 Å². The van der Waals surface area contributed by atoms with Gasteiger partial charge in [0.2, 0.25) is 15.9 Å². The third-order valence-electron chi connectivity index (χ3n) is 4.00. The quantitative estimate of drug-likeness (QED) is 0.795. The van der Waals surface area contributed by atoms with Crippen molar-refractivity contribution in [1.29, 1.82) is 0 Å². The van der Waals surface area contributed by atoms with Crippen LogP contribution < -0.4 is 9.47 Å². The highest BCUT2D eigenvalue weighted by Gasteiger charge is 2.35. The Morgan fingerprint density at radius 2 is 2.08 bits per heavy atom. The molecular weight excluding hydrogens is 364 g/mol. The van der Waals surface area contributed by atoms with Gasteiger partial charge in [0.15, 0.2) is 0 Å². The number of hydrogen-bond donors (Lipinski definition) is 0. The smallest absolute Gasteiger partial charge is 0.246 e. The SMILES string of the molecule is COc1ccc(Cl)cc1S(=O)(=O)N1CC[C@@H](Oc2cccc(C)n2)C1. The maximum absolute atomic E-state index is 12.9. The molecule has 3 rings (SSSR count). The van der Waals surface area contributed by atoms with Gasteiger partial charge in [-0.15, -0.1) is 0 Å². The second kappa shape index (κ2) is 7.19. The van der Waals surface area contributed by atoms with Gasteiger partial charge in [0.25, 0.3) is 0 Å². The van der Waals surface area contributed by atoms with Gasteiger partial charge in [0.1, 0.15) is 16.7 Å². The summed E-state index contributed by atoms with van der Waals surface area (Å²) in [6, 6.07) is 10.1. The molecule has 134 valence electrons. The van der Waals surface area contributed by atoms with E-state index in [9.17, 15) is 8.42 Å². The summed E-state index contributed by atoms with van der Waals surface area (Å²) < 4.78 is 38.3. The Labute approximate surface area is 152 Å². The molecular formula is C17H19ClN2O4S. The lowest BCUT2D eigenvalue weighted by Gasteiger charge is -2.19. The summed E-state index contributed by atoms with van der Waals surface area (Å²) in [5.41, 5.74) is 0.851. The van der Waals surface area contributed by atoms with E-state index < -0.39 is 10.0 Å². The van der Waals surface area contributed by atoms with Gasteiger partial charge in [0, 0.05) is 23.3 Å². The monoisotopic (exact) mass is 382 g/mol. The molecule has 2 aromatic rings. The molecule has 1 fully saturated rings. The summed E-state index contributed by atoms with van der Waals surface area (Å²) in [4.78, 5) is 4.36. The molecule has 1 atom stereocenters. The first-order valence-corrected chi connectivity index (χ1v) is 9.66. The van der Waals surface area contributed by atoms with Crippen molar-refractivity contribution < 1.29 is 17.9 Å². The van der Waals surface area contributed by atoms with Crippen LogP contribution in [0.1, 0.15) is 12.1 Å².